The Labute approximate surface area is 898 Å². The largest absolute Gasteiger partial charge is 0.293 e. The van der Waals surface area contributed by atoms with Crippen molar-refractivity contribution in [2.45, 2.75) is 230 Å². The minimum absolute atomic E-state index is 0.0543. The van der Waals surface area contributed by atoms with E-state index in [4.69, 9.17) is 0 Å². The van der Waals surface area contributed by atoms with Gasteiger partial charge in [-0.15, -0.1) is 0 Å². The van der Waals surface area contributed by atoms with Gasteiger partial charge >= 0.3 is 0 Å². The van der Waals surface area contributed by atoms with Crippen LogP contribution in [0.4, 0.5) is 0 Å². The molecule has 0 bridgehead atoms. The van der Waals surface area contributed by atoms with Gasteiger partial charge in [0.1, 0.15) is 0 Å². The molecule has 23 rings (SSSR count). The van der Waals surface area contributed by atoms with Crippen LogP contribution in [-0.4, -0.2) is 5.78 Å². The Balaban J connectivity index is 0.000000420. The molecular weight excluding hydrogens is 1780 g/mol. The number of carbonyl (C=O) groups excluding carboxylic acids is 1. The van der Waals surface area contributed by atoms with Crippen molar-refractivity contribution in [3.8, 4) is 77.9 Å². The maximum Gasteiger partial charge on any atom is 0.173 e. The fraction of sp³-hybridized carbons (Fsp3) is 0.231. The molecule has 0 N–H and O–H groups in total. The molecule has 0 radical (unpaired) electrons. The Hall–Kier alpha value is -14.9. The highest BCUT2D eigenvalue weighted by atomic mass is 16.1. The normalized spacial score (nSPS) is 10.9. The first-order valence-electron chi connectivity index (χ1n) is 55.0. The van der Waals surface area contributed by atoms with Gasteiger partial charge < -0.3 is 0 Å². The van der Waals surface area contributed by atoms with Crippen molar-refractivity contribution in [3.05, 3.63) is 543 Å². The monoisotopic (exact) mass is 1960 g/mol. The Morgan fingerprint density at radius 2 is 0.324 bits per heavy atom. The van der Waals surface area contributed by atoms with E-state index in [2.05, 4.69) is 446 Å². The topological polar surface area (TPSA) is 17.1 Å². The average molecular weight is 1960 g/mol. The molecule has 3 aliphatic rings. The standard InChI is InChI=1S/C23H18.C14H12O.C14H14.6C12H10.12C2H6/c1-23(2)21-13-17-9-5-3-7-15(17)11-19(21)20-12-16-8-4-6-10-18(16)14-22(20)23;1-14(2)11-8-4-6-9-5-3-7-10(12(9)11)13(14)15;1-14(2)9-11-7-3-5-10-6-4-8-12(14)13(10)11;6*1-3-7-11(8-4-1)12-9-5-2-6-10-12;12*1-2/h3-14H,1-2H3;3-8H,1-2H3;3-8H,9H2,1-2H3;6*1-10H;12*1-2H3. The molecule has 3 aliphatic carbocycles. The molecule has 20 aromatic rings. The molecule has 0 aromatic heterocycles. The lowest BCUT2D eigenvalue weighted by Crippen LogP contribution is -2.23. The molecule has 770 valence electrons. The molecule has 148 heavy (non-hydrogen) atoms. The summed E-state index contributed by atoms with van der Waals surface area (Å²) < 4.78 is 0. The predicted octanol–water partition coefficient (Wildman–Crippen LogP) is 45.7. The predicted molar refractivity (Wildman–Crippen MR) is 668 cm³/mol. The third-order valence-electron chi connectivity index (χ3n) is 23.4. The van der Waals surface area contributed by atoms with Crippen LogP contribution in [0.15, 0.2) is 510 Å². The van der Waals surface area contributed by atoms with E-state index >= 15 is 0 Å². The highest BCUT2D eigenvalue weighted by Gasteiger charge is 2.40. The van der Waals surface area contributed by atoms with Gasteiger partial charge in [0.25, 0.3) is 0 Å². The number of hydrogen-bond donors (Lipinski definition) is 0. The van der Waals surface area contributed by atoms with E-state index < -0.39 is 0 Å². The quantitative estimate of drug-likeness (QED) is 0.162. The second-order valence-corrected chi connectivity index (χ2v) is 33.1. The summed E-state index contributed by atoms with van der Waals surface area (Å²) in [4.78, 5) is 12.2. The van der Waals surface area contributed by atoms with E-state index in [-0.39, 0.29) is 16.6 Å². The van der Waals surface area contributed by atoms with Gasteiger partial charge in [-0.3, -0.25) is 4.79 Å². The summed E-state index contributed by atoms with van der Waals surface area (Å²) in [5, 5.41) is 10.5. The average Bonchev–Trinajstić information content (AvgIpc) is 1.57. The minimum atomic E-state index is -0.358. The lowest BCUT2D eigenvalue weighted by atomic mass is 9.81. The lowest BCUT2D eigenvalue weighted by molar-refractivity contribution is 0.0919. The van der Waals surface area contributed by atoms with Crippen LogP contribution >= 0.6 is 0 Å². The molecule has 0 saturated heterocycles. The third-order valence-corrected chi connectivity index (χ3v) is 23.4. The summed E-state index contributed by atoms with van der Waals surface area (Å²) in [6.07, 6.45) is 1.18. The number of Topliss-reactive ketones (excluding diaryl/α,β-unsaturated/α-hetero) is 1. The molecular formula is C147H176O. The zero-order chi connectivity index (χ0) is 109. The molecule has 20 aromatic carbocycles. The molecule has 0 unspecified atom stereocenters. The first-order valence-corrected chi connectivity index (χ1v) is 55.0. The van der Waals surface area contributed by atoms with Crippen molar-refractivity contribution in [3.63, 3.8) is 0 Å². The second-order valence-electron chi connectivity index (χ2n) is 33.1. The molecule has 0 heterocycles. The lowest BCUT2D eigenvalue weighted by Gasteiger charge is -2.22. The number of ketones is 1. The molecule has 0 amide bonds. The molecule has 1 heteroatoms. The van der Waals surface area contributed by atoms with Crippen molar-refractivity contribution in [2.24, 2.45) is 0 Å². The van der Waals surface area contributed by atoms with Gasteiger partial charge in [-0.2, -0.15) is 0 Å². The summed E-state index contributed by atoms with van der Waals surface area (Å²) in [6.45, 7) is 61.4. The molecule has 0 spiro atoms. The van der Waals surface area contributed by atoms with Crippen LogP contribution in [-0.2, 0) is 22.7 Å². The smallest absolute Gasteiger partial charge is 0.173 e. The summed E-state index contributed by atoms with van der Waals surface area (Å²) in [5.41, 5.74) is 26.1. The Morgan fingerprint density at radius 1 is 0.149 bits per heavy atom. The van der Waals surface area contributed by atoms with E-state index in [1.54, 1.807) is 0 Å². The fourth-order valence-corrected chi connectivity index (χ4v) is 16.9. The van der Waals surface area contributed by atoms with Gasteiger partial charge in [-0.25, -0.2) is 0 Å². The number of rotatable bonds is 6. The number of carbonyl (C=O) groups is 1. The van der Waals surface area contributed by atoms with Crippen molar-refractivity contribution >= 4 is 48.9 Å². The van der Waals surface area contributed by atoms with Gasteiger partial charge in [-0.05, 0) is 199 Å². The van der Waals surface area contributed by atoms with Crippen LogP contribution < -0.4 is 0 Å². The summed E-state index contributed by atoms with van der Waals surface area (Å²) >= 11 is 0. The molecule has 0 aliphatic heterocycles. The van der Waals surface area contributed by atoms with Gasteiger partial charge in [0.05, 0.1) is 5.41 Å². The maximum absolute atomic E-state index is 12.2. The van der Waals surface area contributed by atoms with E-state index in [1.165, 1.54) is 150 Å². The summed E-state index contributed by atoms with van der Waals surface area (Å²) in [5.74, 6) is 0.245. The Bertz CT molecular complexity index is 5860. The number of fused-ring (bicyclic) bond motifs is 5. The van der Waals surface area contributed by atoms with Gasteiger partial charge in [0.15, 0.2) is 5.78 Å². The van der Waals surface area contributed by atoms with Crippen LogP contribution in [0.25, 0.3) is 121 Å². The third kappa shape index (κ3) is 37.9. The van der Waals surface area contributed by atoms with Crippen LogP contribution in [0.3, 0.4) is 0 Å². The first kappa shape index (κ1) is 127. The highest BCUT2D eigenvalue weighted by molar-refractivity contribution is 6.20. The zero-order valence-corrected chi connectivity index (χ0v) is 95.6. The first-order chi connectivity index (χ1) is 72.7. The second kappa shape index (κ2) is 74.1. The van der Waals surface area contributed by atoms with Crippen LogP contribution in [0.1, 0.15) is 246 Å². The van der Waals surface area contributed by atoms with Crippen LogP contribution in [0.5, 0.6) is 0 Å². The van der Waals surface area contributed by atoms with E-state index in [1.807, 2.05) is 271 Å². The van der Waals surface area contributed by atoms with Crippen LogP contribution in [0.2, 0.25) is 0 Å². The number of benzene rings is 20. The summed E-state index contributed by atoms with van der Waals surface area (Å²) in [7, 11) is 0. The van der Waals surface area contributed by atoms with Gasteiger partial charge in [0.2, 0.25) is 0 Å². The zero-order valence-electron chi connectivity index (χ0n) is 95.6. The molecule has 0 atom stereocenters. The van der Waals surface area contributed by atoms with Crippen LogP contribution in [0, 0.1) is 0 Å². The fourth-order valence-electron chi connectivity index (χ4n) is 16.9. The van der Waals surface area contributed by atoms with E-state index in [0.29, 0.717) is 5.41 Å². The maximum atomic E-state index is 12.2. The van der Waals surface area contributed by atoms with Gasteiger partial charge in [-0.1, -0.05) is 679 Å². The molecule has 0 saturated carbocycles. The van der Waals surface area contributed by atoms with Crippen molar-refractivity contribution < 1.29 is 4.79 Å². The molecule has 0 fully saturated rings. The minimum Gasteiger partial charge on any atom is -0.293 e. The van der Waals surface area contributed by atoms with E-state index in [9.17, 15) is 4.79 Å². The number of hydrogen-bond acceptors (Lipinski definition) is 1. The Kier molecular flexibility index (Phi) is 63.7. The Morgan fingerprint density at radius 3 is 0.547 bits per heavy atom. The van der Waals surface area contributed by atoms with E-state index in [0.717, 1.165) is 10.9 Å². The van der Waals surface area contributed by atoms with Crippen molar-refractivity contribution in [1.29, 1.82) is 0 Å². The van der Waals surface area contributed by atoms with Gasteiger partial charge in [0, 0.05) is 11.0 Å². The summed E-state index contributed by atoms with van der Waals surface area (Å²) in [6, 6.07) is 177. The highest BCUT2D eigenvalue weighted by Crippen LogP contribution is 2.51. The SMILES string of the molecule is CC.CC.CC.CC.CC.CC.CC.CC.CC.CC.CC.CC.CC1(C)C(=O)c2cccc3cccc1c23.CC1(C)Cc2cccc3cccc1c23.CC1(C)c2cc3ccccc3cc2-c2cc3ccccc3cc21.c1ccc(-c2ccccc2)cc1.c1ccc(-c2ccccc2)cc1.c1ccc(-c2ccccc2)cc1.c1ccc(-c2ccccc2)cc1.c1ccc(-c2ccccc2)cc1.c1ccc(-c2ccccc2)cc1. The van der Waals surface area contributed by atoms with Crippen molar-refractivity contribution in [1.82, 2.24) is 0 Å². The van der Waals surface area contributed by atoms with Crippen molar-refractivity contribution in [2.75, 3.05) is 0 Å². The molecule has 1 nitrogen and oxygen atoms in total.